The number of hydrogen-bond acceptors (Lipinski definition) is 4. The zero-order valence-electron chi connectivity index (χ0n) is 17.6. The Morgan fingerprint density at radius 3 is 2.21 bits per heavy atom. The molecule has 1 N–H and O–H groups in total. The van der Waals surface area contributed by atoms with E-state index >= 15 is 0 Å². The number of carbonyl (C=O) groups excluding carboxylic acids is 1. The molecular weight excluding hydrogens is 360 g/mol. The van der Waals surface area contributed by atoms with Crippen molar-refractivity contribution in [3.8, 4) is 0 Å². The molecule has 0 radical (unpaired) electrons. The molecule has 0 spiro atoms. The van der Waals surface area contributed by atoms with Crippen molar-refractivity contribution in [1.29, 1.82) is 0 Å². The van der Waals surface area contributed by atoms with Gasteiger partial charge in [-0.1, -0.05) is 62.4 Å². The predicted molar refractivity (Wildman–Crippen MR) is 120 cm³/mol. The van der Waals surface area contributed by atoms with Crippen molar-refractivity contribution < 1.29 is 4.79 Å². The maximum atomic E-state index is 12.3. The summed E-state index contributed by atoms with van der Waals surface area (Å²) in [6, 6.07) is 20.6. The maximum Gasteiger partial charge on any atom is 0.241 e. The van der Waals surface area contributed by atoms with Gasteiger partial charge < -0.3 is 4.90 Å². The highest BCUT2D eigenvalue weighted by atomic mass is 16.2. The standard InChI is InChI=1S/C24H32N4O/c1-20(2)19-23(21-9-5-3-6-10-21)25-26-24(29)13-14-27-15-17-28(18-16-27)22-11-7-4-8-12-22/h3-12,20H,13-19H2,1-2H3,(H,26,29)/b25-23+. The van der Waals surface area contributed by atoms with E-state index in [0.717, 1.165) is 50.4 Å². The molecule has 0 bridgehead atoms. The zero-order valence-corrected chi connectivity index (χ0v) is 17.6. The summed E-state index contributed by atoms with van der Waals surface area (Å²) in [6.07, 6.45) is 1.31. The summed E-state index contributed by atoms with van der Waals surface area (Å²) < 4.78 is 0. The lowest BCUT2D eigenvalue weighted by molar-refractivity contribution is -0.121. The van der Waals surface area contributed by atoms with Crippen molar-refractivity contribution in [3.63, 3.8) is 0 Å². The Kier molecular flexibility index (Phi) is 7.82. The van der Waals surface area contributed by atoms with Gasteiger partial charge in [-0.15, -0.1) is 0 Å². The van der Waals surface area contributed by atoms with Gasteiger partial charge in [0.15, 0.2) is 0 Å². The molecule has 0 saturated carbocycles. The van der Waals surface area contributed by atoms with Gasteiger partial charge >= 0.3 is 0 Å². The molecule has 1 fully saturated rings. The smallest absolute Gasteiger partial charge is 0.241 e. The molecule has 2 aromatic rings. The van der Waals surface area contributed by atoms with Gasteiger partial charge in [-0.05, 0) is 30.0 Å². The number of hydrazone groups is 1. The Morgan fingerprint density at radius 2 is 1.59 bits per heavy atom. The Balaban J connectivity index is 1.45. The topological polar surface area (TPSA) is 47.9 Å². The third-order valence-electron chi connectivity index (χ3n) is 5.17. The highest BCUT2D eigenvalue weighted by Gasteiger charge is 2.17. The molecular formula is C24H32N4O. The predicted octanol–water partition coefficient (Wildman–Crippen LogP) is 3.77. The first-order valence-corrected chi connectivity index (χ1v) is 10.5. The first kappa shape index (κ1) is 21.1. The largest absolute Gasteiger partial charge is 0.369 e. The van der Waals surface area contributed by atoms with Crippen LogP contribution >= 0.6 is 0 Å². The maximum absolute atomic E-state index is 12.3. The van der Waals surface area contributed by atoms with Crippen LogP contribution in [0.15, 0.2) is 65.8 Å². The van der Waals surface area contributed by atoms with Crippen LogP contribution < -0.4 is 10.3 Å². The quantitative estimate of drug-likeness (QED) is 0.550. The monoisotopic (exact) mass is 392 g/mol. The normalized spacial score (nSPS) is 15.6. The number of hydrogen-bond donors (Lipinski definition) is 1. The number of nitrogens with one attached hydrogen (secondary N) is 1. The number of para-hydroxylation sites is 1. The van der Waals surface area contributed by atoms with E-state index in [9.17, 15) is 4.79 Å². The number of rotatable bonds is 8. The van der Waals surface area contributed by atoms with Crippen LogP contribution in [0.1, 0.15) is 32.3 Å². The van der Waals surface area contributed by atoms with Gasteiger partial charge in [0.05, 0.1) is 5.71 Å². The minimum atomic E-state index is -0.0207. The van der Waals surface area contributed by atoms with Gasteiger partial charge in [0, 0.05) is 44.8 Å². The third kappa shape index (κ3) is 6.71. The Labute approximate surface area is 174 Å². The van der Waals surface area contributed by atoms with Crippen LogP contribution in [0, 0.1) is 5.92 Å². The van der Waals surface area contributed by atoms with Crippen molar-refractivity contribution in [2.75, 3.05) is 37.6 Å². The molecule has 0 unspecified atom stereocenters. The highest BCUT2D eigenvalue weighted by Crippen LogP contribution is 2.15. The first-order chi connectivity index (χ1) is 14.1. The first-order valence-electron chi connectivity index (χ1n) is 10.5. The molecule has 1 amide bonds. The lowest BCUT2D eigenvalue weighted by Gasteiger charge is -2.36. The van der Waals surface area contributed by atoms with Crippen LogP contribution in [-0.4, -0.2) is 49.2 Å². The molecule has 1 aliphatic rings. The molecule has 1 saturated heterocycles. The number of benzene rings is 2. The Morgan fingerprint density at radius 1 is 0.966 bits per heavy atom. The molecule has 1 heterocycles. The molecule has 1 aliphatic heterocycles. The molecule has 0 atom stereocenters. The van der Waals surface area contributed by atoms with E-state index in [1.807, 2.05) is 36.4 Å². The van der Waals surface area contributed by atoms with E-state index in [-0.39, 0.29) is 5.91 Å². The van der Waals surface area contributed by atoms with Gasteiger partial charge in [-0.25, -0.2) is 5.43 Å². The molecule has 3 rings (SSSR count). The summed E-state index contributed by atoms with van der Waals surface area (Å²) in [5, 5.41) is 4.44. The highest BCUT2D eigenvalue weighted by molar-refractivity contribution is 6.01. The number of piperazine rings is 1. The number of nitrogens with zero attached hydrogens (tertiary/aromatic N) is 3. The van der Waals surface area contributed by atoms with E-state index in [2.05, 4.69) is 58.4 Å². The molecule has 29 heavy (non-hydrogen) atoms. The van der Waals surface area contributed by atoms with Crippen LogP contribution in [0.3, 0.4) is 0 Å². The van der Waals surface area contributed by atoms with Crippen molar-refractivity contribution >= 4 is 17.3 Å². The fraction of sp³-hybridized carbons (Fsp3) is 0.417. The van der Waals surface area contributed by atoms with E-state index in [4.69, 9.17) is 0 Å². The molecule has 5 heteroatoms. The summed E-state index contributed by atoms with van der Waals surface area (Å²) in [6.45, 7) is 9.05. The fourth-order valence-corrected chi connectivity index (χ4v) is 3.56. The number of carbonyl (C=O) groups is 1. The molecule has 0 aliphatic carbocycles. The summed E-state index contributed by atoms with van der Waals surface area (Å²) in [5.41, 5.74) is 6.05. The summed E-state index contributed by atoms with van der Waals surface area (Å²) >= 11 is 0. The molecule has 5 nitrogen and oxygen atoms in total. The minimum absolute atomic E-state index is 0.0207. The SMILES string of the molecule is CC(C)C/C(=N\NC(=O)CCN1CCN(c2ccccc2)CC1)c1ccccc1. The minimum Gasteiger partial charge on any atom is -0.369 e. The van der Waals surface area contributed by atoms with E-state index in [1.165, 1.54) is 5.69 Å². The van der Waals surface area contributed by atoms with Gasteiger partial charge in [-0.2, -0.15) is 5.10 Å². The van der Waals surface area contributed by atoms with E-state index < -0.39 is 0 Å². The van der Waals surface area contributed by atoms with Gasteiger partial charge in [-0.3, -0.25) is 9.69 Å². The molecule has 154 valence electrons. The van der Waals surface area contributed by atoms with Crippen LogP contribution in [0.2, 0.25) is 0 Å². The van der Waals surface area contributed by atoms with Gasteiger partial charge in [0.1, 0.15) is 0 Å². The molecule has 2 aromatic carbocycles. The van der Waals surface area contributed by atoms with Crippen molar-refractivity contribution in [2.24, 2.45) is 11.0 Å². The number of amides is 1. The summed E-state index contributed by atoms with van der Waals surface area (Å²) in [4.78, 5) is 17.1. The summed E-state index contributed by atoms with van der Waals surface area (Å²) in [5.74, 6) is 0.458. The van der Waals surface area contributed by atoms with Crippen LogP contribution in [-0.2, 0) is 4.79 Å². The van der Waals surface area contributed by atoms with E-state index in [1.54, 1.807) is 0 Å². The third-order valence-corrected chi connectivity index (χ3v) is 5.17. The second-order valence-electron chi connectivity index (χ2n) is 7.97. The van der Waals surface area contributed by atoms with Gasteiger partial charge in [0.2, 0.25) is 5.91 Å². The van der Waals surface area contributed by atoms with Crippen molar-refractivity contribution in [2.45, 2.75) is 26.7 Å². The number of anilines is 1. The lowest BCUT2D eigenvalue weighted by Crippen LogP contribution is -2.47. The van der Waals surface area contributed by atoms with E-state index in [0.29, 0.717) is 12.3 Å². The lowest BCUT2D eigenvalue weighted by atomic mass is 10.0. The van der Waals surface area contributed by atoms with Crippen molar-refractivity contribution in [3.05, 3.63) is 66.2 Å². The summed E-state index contributed by atoms with van der Waals surface area (Å²) in [7, 11) is 0. The fourth-order valence-electron chi connectivity index (χ4n) is 3.56. The average molecular weight is 393 g/mol. The van der Waals surface area contributed by atoms with Crippen LogP contribution in [0.5, 0.6) is 0 Å². The Hall–Kier alpha value is -2.66. The average Bonchev–Trinajstić information content (AvgIpc) is 2.76. The second kappa shape index (κ2) is 10.8. The van der Waals surface area contributed by atoms with Gasteiger partial charge in [0.25, 0.3) is 0 Å². The van der Waals surface area contributed by atoms with Crippen molar-refractivity contribution in [1.82, 2.24) is 10.3 Å². The second-order valence-corrected chi connectivity index (χ2v) is 7.97. The molecule has 0 aromatic heterocycles. The van der Waals surface area contributed by atoms with Crippen LogP contribution in [0.4, 0.5) is 5.69 Å². The zero-order chi connectivity index (χ0) is 20.5. The Bertz CT molecular complexity index is 781. The van der Waals surface area contributed by atoms with Crippen LogP contribution in [0.25, 0.3) is 0 Å².